The van der Waals surface area contributed by atoms with Gasteiger partial charge >= 0.3 is 0 Å². The van der Waals surface area contributed by atoms with E-state index < -0.39 is 0 Å². The Hall–Kier alpha value is -6.32. The van der Waals surface area contributed by atoms with E-state index in [-0.39, 0.29) is 0 Å². The highest BCUT2D eigenvalue weighted by atomic mass is 32.1. The molecule has 12 rings (SSSR count). The molecule has 68 heavy (non-hydrogen) atoms. The predicted molar refractivity (Wildman–Crippen MR) is 297 cm³/mol. The standard InChI is InChI=1S/C11H14N2S.C9H10N2OS.C8H8N2S.C7H6N2S.C7H5NOS.C7H5NS2/c1-2-3-8-13-10-7-5-4-6-9(10)12-11(13)14;1-2-12-6-3-4-7-8(5-6)11-9(13)10-7;1-10-7-5-3-2-4-6(7)9-8(10)11;2*10-7-8-5-3-1-2-4-6(5)9-7;9-7-8-5-3-1-2-4-6(5)10-7/h4-7H,2-3,8H2,1H3,(H,12,14);3-5H,2H2,1H3,(H2,10,11,13);2-5H,1H3,(H,9,11);1-4H,(H2,8,9,10);1-4H,(H,8,10);1-4H,(H,8,9). The van der Waals surface area contributed by atoms with Crippen LogP contribution in [0.2, 0.25) is 0 Å². The lowest BCUT2D eigenvalue weighted by atomic mass is 10.3. The van der Waals surface area contributed by atoms with Crippen LogP contribution in [-0.2, 0) is 13.6 Å². The van der Waals surface area contributed by atoms with Crippen molar-refractivity contribution in [3.05, 3.63) is 167 Å². The average Bonchev–Trinajstić information content (AvgIpc) is 4.20. The van der Waals surface area contributed by atoms with Crippen molar-refractivity contribution in [2.75, 3.05) is 6.61 Å². The van der Waals surface area contributed by atoms with Crippen molar-refractivity contribution >= 4 is 150 Å². The molecule has 0 saturated heterocycles. The Morgan fingerprint density at radius 2 is 1.04 bits per heavy atom. The molecule has 6 aromatic heterocycles. The number of fused-ring (bicyclic) bond motifs is 6. The largest absolute Gasteiger partial charge is 0.494 e. The number of aryl methyl sites for hydroxylation is 2. The summed E-state index contributed by atoms with van der Waals surface area (Å²) in [7, 11) is 1.96. The van der Waals surface area contributed by atoms with Crippen LogP contribution < -0.4 is 4.74 Å². The normalized spacial score (nSPS) is 10.6. The first-order valence-electron chi connectivity index (χ1n) is 21.5. The molecule has 0 spiro atoms. The molecule has 0 atom stereocenters. The molecule has 12 nitrogen and oxygen atoms in total. The number of H-pyrrole nitrogens is 8. The highest BCUT2D eigenvalue weighted by molar-refractivity contribution is 7.73. The molecule has 0 radical (unpaired) electrons. The van der Waals surface area contributed by atoms with Crippen molar-refractivity contribution in [2.45, 2.75) is 33.2 Å². The van der Waals surface area contributed by atoms with E-state index in [4.69, 9.17) is 82.5 Å². The van der Waals surface area contributed by atoms with Crippen LogP contribution in [-0.4, -0.2) is 55.6 Å². The van der Waals surface area contributed by atoms with Gasteiger partial charge in [0.1, 0.15) is 5.75 Å². The Balaban J connectivity index is 0.000000121. The van der Waals surface area contributed by atoms with E-state index >= 15 is 0 Å². The molecule has 6 aromatic carbocycles. The second-order valence-electron chi connectivity index (χ2n) is 14.8. The number of thiazole rings is 1. The number of para-hydroxylation sites is 9. The van der Waals surface area contributed by atoms with Crippen molar-refractivity contribution in [3.8, 4) is 5.75 Å². The molecule has 0 bridgehead atoms. The van der Waals surface area contributed by atoms with E-state index in [1.807, 2.05) is 140 Å². The van der Waals surface area contributed by atoms with Crippen LogP contribution in [0.3, 0.4) is 0 Å². The summed E-state index contributed by atoms with van der Waals surface area (Å²) in [6.45, 7) is 5.85. The lowest BCUT2D eigenvalue weighted by Gasteiger charge is -2.01. The molecule has 19 heteroatoms. The van der Waals surface area contributed by atoms with E-state index in [9.17, 15) is 0 Å². The van der Waals surface area contributed by atoms with E-state index in [1.165, 1.54) is 23.1 Å². The Morgan fingerprint density at radius 3 is 1.66 bits per heavy atom. The molecular formula is C49H48N10O2S7. The van der Waals surface area contributed by atoms with Gasteiger partial charge in [-0.3, -0.25) is 0 Å². The summed E-state index contributed by atoms with van der Waals surface area (Å²) in [6.07, 6.45) is 2.37. The summed E-state index contributed by atoms with van der Waals surface area (Å²) in [4.78, 5) is 24.9. The molecular weight excluding hydrogens is 985 g/mol. The number of nitrogens with one attached hydrogen (secondary N) is 8. The zero-order valence-corrected chi connectivity index (χ0v) is 42.9. The fraction of sp³-hybridized carbons (Fsp3) is 0.143. The minimum atomic E-state index is 0.432. The molecule has 6 heterocycles. The monoisotopic (exact) mass is 1030 g/mol. The Labute approximate surface area is 425 Å². The SMILES string of the molecule is CCCCn1c(=S)[nH]c2ccccc21.CCOc1ccc2[nH]c(=S)[nH]c2c1.Cn1c(=S)[nH]c2ccccc21.S=c1[nH]c2ccccc2[nH]1.S=c1[nH]c2ccccc2o1.S=c1[nH]c2ccccc2s1. The zero-order chi connectivity index (χ0) is 48.0. The first-order chi connectivity index (χ1) is 33.0. The third-order valence-corrected chi connectivity index (χ3v) is 12.6. The van der Waals surface area contributed by atoms with Gasteiger partial charge in [0.2, 0.25) is 0 Å². The summed E-state index contributed by atoms with van der Waals surface area (Å²) in [5.74, 6) is 0.861. The summed E-state index contributed by atoms with van der Waals surface area (Å²) < 4.78 is 19.6. The number of nitrogens with zero attached hydrogens (tertiary/aromatic N) is 2. The number of benzene rings is 6. The molecule has 0 fully saturated rings. The quantitative estimate of drug-likeness (QED) is 0.0792. The van der Waals surface area contributed by atoms with Crippen molar-refractivity contribution in [1.82, 2.24) is 49.0 Å². The molecule has 8 N–H and O–H groups in total. The number of aromatic nitrogens is 10. The molecule has 0 unspecified atom stereocenters. The van der Waals surface area contributed by atoms with E-state index in [0.717, 1.165) is 81.0 Å². The maximum Gasteiger partial charge on any atom is 0.266 e. The van der Waals surface area contributed by atoms with Crippen LogP contribution in [0.4, 0.5) is 0 Å². The van der Waals surface area contributed by atoms with Gasteiger partial charge < -0.3 is 58.2 Å². The van der Waals surface area contributed by atoms with Gasteiger partial charge in [0, 0.05) is 19.7 Å². The molecule has 0 saturated carbocycles. The average molecular weight is 1030 g/mol. The number of unbranched alkanes of at least 4 members (excludes halogenated alkanes) is 1. The maximum absolute atomic E-state index is 5.36. The Bertz CT molecular complexity index is 3610. The van der Waals surface area contributed by atoms with Crippen LogP contribution in [0.25, 0.3) is 65.4 Å². The summed E-state index contributed by atoms with van der Waals surface area (Å²) >= 11 is 31.6. The van der Waals surface area contributed by atoms with Crippen molar-refractivity contribution in [1.29, 1.82) is 0 Å². The van der Waals surface area contributed by atoms with Gasteiger partial charge in [-0.1, -0.05) is 74.0 Å². The fourth-order valence-electron chi connectivity index (χ4n) is 6.86. The highest BCUT2D eigenvalue weighted by Gasteiger charge is 2.02. The van der Waals surface area contributed by atoms with Crippen LogP contribution in [0.5, 0.6) is 5.75 Å². The number of oxazole rings is 1. The number of hydrogen-bond acceptors (Lipinski definition) is 9. The number of ether oxygens (including phenoxy) is 1. The van der Waals surface area contributed by atoms with Crippen LogP contribution in [0.15, 0.2) is 144 Å². The molecule has 0 aliphatic heterocycles. The lowest BCUT2D eigenvalue weighted by Crippen LogP contribution is -1.96. The molecule has 0 aliphatic rings. The first kappa shape index (κ1) is 49.6. The minimum Gasteiger partial charge on any atom is -0.494 e. The Kier molecular flexibility index (Phi) is 17.6. The van der Waals surface area contributed by atoms with Gasteiger partial charge in [-0.15, -0.1) is 11.3 Å². The minimum absolute atomic E-state index is 0.432. The fourth-order valence-corrected chi connectivity index (χ4v) is 9.12. The van der Waals surface area contributed by atoms with Crippen molar-refractivity contribution < 1.29 is 9.15 Å². The molecule has 348 valence electrons. The Morgan fingerprint density at radius 1 is 0.515 bits per heavy atom. The van der Waals surface area contributed by atoms with Gasteiger partial charge in [0.15, 0.2) is 28.6 Å². The van der Waals surface area contributed by atoms with Crippen molar-refractivity contribution in [2.24, 2.45) is 7.05 Å². The highest BCUT2D eigenvalue weighted by Crippen LogP contribution is 2.19. The van der Waals surface area contributed by atoms with Crippen LogP contribution >= 0.6 is 84.6 Å². The smallest absolute Gasteiger partial charge is 0.266 e. The number of hydrogen-bond donors (Lipinski definition) is 8. The third-order valence-electron chi connectivity index (χ3n) is 10.1. The molecule has 0 aliphatic carbocycles. The maximum atomic E-state index is 5.36. The van der Waals surface area contributed by atoms with Gasteiger partial charge in [-0.2, -0.15) is 0 Å². The predicted octanol–water partition coefficient (Wildman–Crippen LogP) is 16.0. The second kappa shape index (κ2) is 24.1. The van der Waals surface area contributed by atoms with E-state index in [0.29, 0.717) is 21.0 Å². The van der Waals surface area contributed by atoms with Gasteiger partial charge in [-0.05, 0) is 159 Å². The molecule has 0 amide bonds. The van der Waals surface area contributed by atoms with Gasteiger partial charge in [0.05, 0.1) is 66.5 Å². The van der Waals surface area contributed by atoms with Gasteiger partial charge in [-0.25, -0.2) is 0 Å². The van der Waals surface area contributed by atoms with Crippen LogP contribution in [0.1, 0.15) is 26.7 Å². The van der Waals surface area contributed by atoms with Gasteiger partial charge in [0.25, 0.3) is 4.84 Å². The number of imidazole rings is 4. The zero-order valence-electron chi connectivity index (χ0n) is 37.2. The van der Waals surface area contributed by atoms with E-state index in [1.54, 1.807) is 11.3 Å². The summed E-state index contributed by atoms with van der Waals surface area (Å²) in [5.41, 5.74) is 11.6. The van der Waals surface area contributed by atoms with E-state index in [2.05, 4.69) is 69.6 Å². The second-order valence-corrected chi connectivity index (χ2v) is 18.5. The summed E-state index contributed by atoms with van der Waals surface area (Å²) in [5, 5.41) is 0. The third kappa shape index (κ3) is 13.2. The molecule has 12 aromatic rings. The first-order valence-corrected chi connectivity index (χ1v) is 24.7. The topological polar surface area (TPSA) is 159 Å². The van der Waals surface area contributed by atoms with Crippen molar-refractivity contribution in [3.63, 3.8) is 0 Å². The lowest BCUT2D eigenvalue weighted by molar-refractivity contribution is 0.340. The van der Waals surface area contributed by atoms with Crippen LogP contribution in [0, 0.1) is 27.9 Å². The number of aromatic amines is 8. The summed E-state index contributed by atoms with van der Waals surface area (Å²) in [6, 6.07) is 45.8. The number of rotatable bonds is 5.